The van der Waals surface area contributed by atoms with E-state index in [1.807, 2.05) is 13.8 Å². The zero-order valence-electron chi connectivity index (χ0n) is 9.91. The van der Waals surface area contributed by atoms with Crippen molar-refractivity contribution in [2.75, 3.05) is 0 Å². The van der Waals surface area contributed by atoms with Gasteiger partial charge < -0.3 is 5.11 Å². The predicted molar refractivity (Wildman–Crippen MR) is 61.1 cm³/mol. The van der Waals surface area contributed by atoms with E-state index in [9.17, 15) is 5.11 Å². The molecule has 0 amide bonds. The van der Waals surface area contributed by atoms with Gasteiger partial charge in [-0.1, -0.05) is 12.1 Å². The number of rotatable bonds is 4. The van der Waals surface area contributed by atoms with Crippen LogP contribution in [0.5, 0.6) is 0 Å². The molecular formula is C11H15N5O. The molecule has 0 radical (unpaired) electrons. The minimum absolute atomic E-state index is 0.371. The van der Waals surface area contributed by atoms with Crippen LogP contribution in [0.25, 0.3) is 0 Å². The van der Waals surface area contributed by atoms with Gasteiger partial charge in [0.15, 0.2) is 11.9 Å². The van der Waals surface area contributed by atoms with Gasteiger partial charge in [0.2, 0.25) is 0 Å². The van der Waals surface area contributed by atoms with Crippen molar-refractivity contribution in [2.45, 2.75) is 32.9 Å². The molecule has 1 atom stereocenters. The number of hydrogen-bond donors (Lipinski definition) is 1. The second kappa shape index (κ2) is 5.01. The minimum atomic E-state index is -0.878. The molecule has 0 saturated carbocycles. The third-order valence-corrected chi connectivity index (χ3v) is 2.41. The highest BCUT2D eigenvalue weighted by Gasteiger charge is 2.18. The van der Waals surface area contributed by atoms with Crippen LogP contribution in [0.3, 0.4) is 0 Å². The molecule has 2 aromatic heterocycles. The van der Waals surface area contributed by atoms with Crippen LogP contribution in [-0.4, -0.2) is 30.1 Å². The molecule has 90 valence electrons. The minimum Gasteiger partial charge on any atom is -0.379 e. The van der Waals surface area contributed by atoms with Crippen LogP contribution in [-0.2, 0) is 6.54 Å². The van der Waals surface area contributed by atoms with Gasteiger partial charge in [-0.2, -0.15) is 0 Å². The van der Waals surface area contributed by atoms with Crippen molar-refractivity contribution in [2.24, 2.45) is 0 Å². The van der Waals surface area contributed by atoms with Crippen molar-refractivity contribution in [1.82, 2.24) is 25.0 Å². The monoisotopic (exact) mass is 233 g/mol. The maximum absolute atomic E-state index is 10.2. The molecule has 0 aliphatic heterocycles. The molecule has 17 heavy (non-hydrogen) atoms. The number of hydrogen-bond acceptors (Lipinski definition) is 5. The van der Waals surface area contributed by atoms with Gasteiger partial charge >= 0.3 is 0 Å². The first kappa shape index (κ1) is 11.7. The summed E-state index contributed by atoms with van der Waals surface area (Å²) in [7, 11) is 0. The Morgan fingerprint density at radius 3 is 2.65 bits per heavy atom. The predicted octanol–water partition coefficient (Wildman–Crippen LogP) is 0.868. The first-order valence-electron chi connectivity index (χ1n) is 5.57. The number of aliphatic hydroxyl groups is 1. The molecule has 1 N–H and O–H groups in total. The van der Waals surface area contributed by atoms with Crippen LogP contribution >= 0.6 is 0 Å². The number of nitrogens with zero attached hydrogens (tertiary/aromatic N) is 5. The quantitative estimate of drug-likeness (QED) is 0.847. The molecule has 0 aliphatic rings. The van der Waals surface area contributed by atoms with E-state index in [0.29, 0.717) is 11.5 Å². The molecule has 0 aliphatic carbocycles. The number of aromatic nitrogens is 5. The topological polar surface area (TPSA) is 76.7 Å². The van der Waals surface area contributed by atoms with E-state index >= 15 is 0 Å². The molecule has 2 heterocycles. The second-order valence-corrected chi connectivity index (χ2v) is 3.90. The fraction of sp³-hybridized carbons (Fsp3) is 0.455. The molecule has 0 saturated heterocycles. The lowest BCUT2D eigenvalue weighted by Crippen LogP contribution is -2.12. The van der Waals surface area contributed by atoms with Crippen LogP contribution in [0.15, 0.2) is 18.6 Å². The standard InChI is InChI=1S/C11H15N5O/c1-3-4-16-9(7-14-15-16)10(17)11-12-5-8(2)6-13-11/h5-7,10,17H,3-4H2,1-2H3. The Morgan fingerprint density at radius 1 is 1.29 bits per heavy atom. The van der Waals surface area contributed by atoms with Crippen LogP contribution in [0.1, 0.15) is 36.5 Å². The zero-order chi connectivity index (χ0) is 12.3. The maximum Gasteiger partial charge on any atom is 0.163 e. The fourth-order valence-electron chi connectivity index (χ4n) is 1.54. The van der Waals surface area contributed by atoms with Crippen molar-refractivity contribution in [3.63, 3.8) is 0 Å². The Morgan fingerprint density at radius 2 is 2.00 bits per heavy atom. The average Bonchev–Trinajstić information content (AvgIpc) is 2.78. The molecule has 0 bridgehead atoms. The molecule has 0 spiro atoms. The summed E-state index contributed by atoms with van der Waals surface area (Å²) in [4.78, 5) is 8.21. The largest absolute Gasteiger partial charge is 0.379 e. The molecule has 6 nitrogen and oxygen atoms in total. The molecular weight excluding hydrogens is 218 g/mol. The lowest BCUT2D eigenvalue weighted by molar-refractivity contribution is 0.197. The Hall–Kier alpha value is -1.82. The summed E-state index contributed by atoms with van der Waals surface area (Å²) >= 11 is 0. The molecule has 6 heteroatoms. The summed E-state index contributed by atoms with van der Waals surface area (Å²) in [5.74, 6) is 0.371. The van der Waals surface area contributed by atoms with E-state index in [1.165, 1.54) is 0 Å². The van der Waals surface area contributed by atoms with Crippen molar-refractivity contribution in [3.8, 4) is 0 Å². The smallest absolute Gasteiger partial charge is 0.163 e. The van der Waals surface area contributed by atoms with Crippen molar-refractivity contribution >= 4 is 0 Å². The van der Waals surface area contributed by atoms with E-state index in [1.54, 1.807) is 23.3 Å². The Bertz CT molecular complexity index is 479. The molecule has 1 unspecified atom stereocenters. The van der Waals surface area contributed by atoms with E-state index in [2.05, 4.69) is 20.3 Å². The second-order valence-electron chi connectivity index (χ2n) is 3.90. The zero-order valence-corrected chi connectivity index (χ0v) is 9.91. The number of aryl methyl sites for hydroxylation is 2. The lowest BCUT2D eigenvalue weighted by atomic mass is 10.2. The van der Waals surface area contributed by atoms with E-state index in [4.69, 9.17) is 0 Å². The first-order valence-corrected chi connectivity index (χ1v) is 5.57. The fourth-order valence-corrected chi connectivity index (χ4v) is 1.54. The summed E-state index contributed by atoms with van der Waals surface area (Å²) in [6, 6.07) is 0. The van der Waals surface area contributed by atoms with Crippen molar-refractivity contribution < 1.29 is 5.11 Å². The van der Waals surface area contributed by atoms with Crippen LogP contribution in [0, 0.1) is 6.92 Å². The molecule has 0 fully saturated rings. The Kier molecular flexibility index (Phi) is 3.43. The Labute approximate surface area is 99.3 Å². The van der Waals surface area contributed by atoms with Crippen LogP contribution in [0.2, 0.25) is 0 Å². The maximum atomic E-state index is 10.2. The summed E-state index contributed by atoms with van der Waals surface area (Å²) < 4.78 is 1.67. The van der Waals surface area contributed by atoms with Gasteiger partial charge in [-0.25, -0.2) is 14.6 Å². The van der Waals surface area contributed by atoms with Gasteiger partial charge in [0.05, 0.1) is 11.9 Å². The molecule has 0 aromatic carbocycles. The van der Waals surface area contributed by atoms with Gasteiger partial charge in [-0.3, -0.25) is 0 Å². The lowest BCUT2D eigenvalue weighted by Gasteiger charge is -2.10. The van der Waals surface area contributed by atoms with Gasteiger partial charge in [-0.05, 0) is 18.9 Å². The van der Waals surface area contributed by atoms with E-state index < -0.39 is 6.10 Å². The third kappa shape index (κ3) is 2.47. The summed E-state index contributed by atoms with van der Waals surface area (Å²) in [5.41, 5.74) is 1.58. The van der Waals surface area contributed by atoms with Gasteiger partial charge in [0.1, 0.15) is 0 Å². The van der Waals surface area contributed by atoms with Crippen LogP contribution in [0.4, 0.5) is 0 Å². The average molecular weight is 233 g/mol. The molecule has 2 rings (SSSR count). The number of aliphatic hydroxyl groups excluding tert-OH is 1. The van der Waals surface area contributed by atoms with Gasteiger partial charge in [0.25, 0.3) is 0 Å². The highest BCUT2D eigenvalue weighted by atomic mass is 16.3. The SMILES string of the molecule is CCCn1nncc1C(O)c1ncc(C)cn1. The molecule has 2 aromatic rings. The van der Waals surface area contributed by atoms with Crippen LogP contribution < -0.4 is 0 Å². The van der Waals surface area contributed by atoms with Gasteiger partial charge in [0, 0.05) is 18.9 Å². The Balaban J connectivity index is 2.26. The summed E-state index contributed by atoms with van der Waals surface area (Å²) in [6.07, 6.45) is 4.96. The highest BCUT2D eigenvalue weighted by molar-refractivity contribution is 5.12. The van der Waals surface area contributed by atoms with E-state index in [0.717, 1.165) is 18.5 Å². The third-order valence-electron chi connectivity index (χ3n) is 2.41. The van der Waals surface area contributed by atoms with Crippen molar-refractivity contribution in [3.05, 3.63) is 35.7 Å². The van der Waals surface area contributed by atoms with Crippen molar-refractivity contribution in [1.29, 1.82) is 0 Å². The first-order chi connectivity index (χ1) is 8.22. The summed E-state index contributed by atoms with van der Waals surface area (Å²) in [6.45, 7) is 4.66. The normalized spacial score (nSPS) is 12.6. The van der Waals surface area contributed by atoms with E-state index in [-0.39, 0.29) is 0 Å². The van der Waals surface area contributed by atoms with Gasteiger partial charge in [-0.15, -0.1) is 5.10 Å². The summed E-state index contributed by atoms with van der Waals surface area (Å²) in [5, 5.41) is 17.9. The highest BCUT2D eigenvalue weighted by Crippen LogP contribution is 2.17.